The summed E-state index contributed by atoms with van der Waals surface area (Å²) < 4.78 is 2.40. The Morgan fingerprint density at radius 3 is 2.22 bits per heavy atom. The van der Waals surface area contributed by atoms with Crippen molar-refractivity contribution in [3.05, 3.63) is 0 Å². The molecule has 3 aliphatic heterocycles. The highest BCUT2D eigenvalue weighted by Gasteiger charge is 2.41. The van der Waals surface area contributed by atoms with Crippen LogP contribution in [0.15, 0.2) is 0 Å². The van der Waals surface area contributed by atoms with Crippen LogP contribution in [0.2, 0.25) is 0 Å². The van der Waals surface area contributed by atoms with Gasteiger partial charge in [0.2, 0.25) is 0 Å². The van der Waals surface area contributed by atoms with Crippen molar-refractivity contribution in [2.24, 2.45) is 0 Å². The van der Waals surface area contributed by atoms with E-state index in [1.807, 2.05) is 0 Å². The second-order valence-corrected chi connectivity index (χ2v) is 4.40. The van der Waals surface area contributed by atoms with Crippen LogP contribution in [-0.2, 0) is 0 Å². The first-order valence-electron chi connectivity index (χ1n) is 3.40. The van der Waals surface area contributed by atoms with Gasteiger partial charge in [-0.1, -0.05) is 0 Å². The molecule has 3 fully saturated rings. The highest BCUT2D eigenvalue weighted by Crippen LogP contribution is 2.31. The van der Waals surface area contributed by atoms with Gasteiger partial charge in [-0.05, 0) is 13.5 Å². The van der Waals surface area contributed by atoms with E-state index in [0.29, 0.717) is 0 Å². The number of hydrogen-bond acceptors (Lipinski definition) is 2. The zero-order chi connectivity index (χ0) is 6.43. The first-order chi connectivity index (χ1) is 4.27. The molecule has 3 heterocycles. The van der Waals surface area contributed by atoms with Crippen molar-refractivity contribution in [1.29, 1.82) is 0 Å². The molecular weight excluding hydrogens is 227 g/mol. The molecule has 0 N–H and O–H groups in total. The van der Waals surface area contributed by atoms with Crippen LogP contribution in [-0.4, -0.2) is 40.2 Å². The Labute approximate surface area is 69.7 Å². The number of nitrogens with zero attached hydrogens (tertiary/aromatic N) is 2. The standard InChI is InChI=1S/C6H11IN2/c1-8-5-2-6(8)4-9(7)3-5/h5-6H,2-4H2,1H3. The van der Waals surface area contributed by atoms with Crippen molar-refractivity contribution >= 4 is 22.9 Å². The van der Waals surface area contributed by atoms with Crippen LogP contribution in [0.3, 0.4) is 0 Å². The molecule has 0 aromatic carbocycles. The van der Waals surface area contributed by atoms with Crippen LogP contribution in [0, 0.1) is 0 Å². The summed E-state index contributed by atoms with van der Waals surface area (Å²) in [6.07, 6.45) is 1.44. The van der Waals surface area contributed by atoms with Gasteiger partial charge in [0.15, 0.2) is 0 Å². The Balaban J connectivity index is 2.01. The van der Waals surface area contributed by atoms with Gasteiger partial charge in [0.05, 0.1) is 0 Å². The third-order valence-corrected chi connectivity index (χ3v) is 3.30. The molecule has 0 radical (unpaired) electrons. The van der Waals surface area contributed by atoms with E-state index in [1.165, 1.54) is 19.5 Å². The molecular formula is C6H11IN2. The van der Waals surface area contributed by atoms with Gasteiger partial charge < -0.3 is 0 Å². The maximum absolute atomic E-state index is 2.50. The fourth-order valence-corrected chi connectivity index (χ4v) is 2.65. The van der Waals surface area contributed by atoms with Crippen molar-refractivity contribution in [3.63, 3.8) is 0 Å². The first-order valence-corrected chi connectivity index (χ1v) is 4.36. The van der Waals surface area contributed by atoms with Crippen LogP contribution in [0.4, 0.5) is 0 Å². The molecule has 2 atom stereocenters. The summed E-state index contributed by atoms with van der Waals surface area (Å²) >= 11 is 2.42. The van der Waals surface area contributed by atoms with Gasteiger partial charge in [-0.3, -0.25) is 4.90 Å². The summed E-state index contributed by atoms with van der Waals surface area (Å²) in [5.74, 6) is 0. The molecule has 0 saturated carbocycles. The molecule has 0 amide bonds. The van der Waals surface area contributed by atoms with Gasteiger partial charge in [0.1, 0.15) is 0 Å². The Morgan fingerprint density at radius 1 is 1.33 bits per heavy atom. The van der Waals surface area contributed by atoms with Crippen molar-refractivity contribution in [3.8, 4) is 0 Å². The van der Waals surface area contributed by atoms with Crippen LogP contribution in [0.5, 0.6) is 0 Å². The monoisotopic (exact) mass is 238 g/mol. The molecule has 2 bridgehead atoms. The fourth-order valence-electron chi connectivity index (χ4n) is 1.75. The average Bonchev–Trinajstić information content (AvgIpc) is 1.87. The molecule has 3 heteroatoms. The maximum atomic E-state index is 2.50. The van der Waals surface area contributed by atoms with E-state index >= 15 is 0 Å². The molecule has 3 rings (SSSR count). The second-order valence-electron chi connectivity index (χ2n) is 3.04. The highest BCUT2D eigenvalue weighted by molar-refractivity contribution is 14.1. The normalized spacial score (nSPS) is 44.7. The zero-order valence-corrected chi connectivity index (χ0v) is 7.71. The molecule has 3 saturated heterocycles. The number of likely N-dealkylation sites (N-methyl/N-ethyl adjacent to an activating group) is 1. The Kier molecular flexibility index (Phi) is 1.46. The summed E-state index contributed by atoms with van der Waals surface area (Å²) in [4.78, 5) is 2.50. The lowest BCUT2D eigenvalue weighted by atomic mass is 9.90. The molecule has 52 valence electrons. The molecule has 0 aromatic rings. The second kappa shape index (κ2) is 2.07. The molecule has 0 aliphatic carbocycles. The minimum atomic E-state index is 0.876. The minimum absolute atomic E-state index is 0.876. The molecule has 2 nitrogen and oxygen atoms in total. The molecule has 0 aromatic heterocycles. The van der Waals surface area contributed by atoms with Gasteiger partial charge in [-0.25, -0.2) is 3.11 Å². The summed E-state index contributed by atoms with van der Waals surface area (Å²) in [7, 11) is 2.24. The largest absolute Gasteiger partial charge is 0.298 e. The Bertz CT molecular complexity index is 116. The van der Waals surface area contributed by atoms with Crippen molar-refractivity contribution in [2.45, 2.75) is 18.5 Å². The fraction of sp³-hybridized carbons (Fsp3) is 1.00. The number of halogens is 1. The molecule has 3 aliphatic rings. The highest BCUT2D eigenvalue weighted by atomic mass is 127. The quantitative estimate of drug-likeness (QED) is 0.453. The van der Waals surface area contributed by atoms with Crippen molar-refractivity contribution in [1.82, 2.24) is 8.01 Å². The average molecular weight is 238 g/mol. The molecule has 0 spiro atoms. The number of fused-ring (bicyclic) bond motifs is 2. The summed E-state index contributed by atoms with van der Waals surface area (Å²) in [6.45, 7) is 2.54. The maximum Gasteiger partial charge on any atom is 0.0247 e. The summed E-state index contributed by atoms with van der Waals surface area (Å²) in [6, 6.07) is 1.75. The van der Waals surface area contributed by atoms with Crippen molar-refractivity contribution < 1.29 is 0 Å². The van der Waals surface area contributed by atoms with Gasteiger partial charge in [-0.2, -0.15) is 0 Å². The van der Waals surface area contributed by atoms with E-state index in [0.717, 1.165) is 12.1 Å². The van der Waals surface area contributed by atoms with Crippen LogP contribution < -0.4 is 0 Å². The summed E-state index contributed by atoms with van der Waals surface area (Å²) in [5, 5.41) is 0. The third kappa shape index (κ3) is 0.897. The number of piperidine rings is 1. The minimum Gasteiger partial charge on any atom is -0.298 e. The van der Waals surface area contributed by atoms with E-state index in [2.05, 4.69) is 37.9 Å². The van der Waals surface area contributed by atoms with E-state index in [9.17, 15) is 0 Å². The molecule has 2 unspecified atom stereocenters. The Morgan fingerprint density at radius 2 is 1.89 bits per heavy atom. The number of rotatable bonds is 0. The predicted octanol–water partition coefficient (Wildman–Crippen LogP) is 0.725. The topological polar surface area (TPSA) is 6.48 Å². The van der Waals surface area contributed by atoms with Crippen molar-refractivity contribution in [2.75, 3.05) is 20.1 Å². The number of hydrogen-bond donors (Lipinski definition) is 0. The number of piperazine rings is 1. The van der Waals surface area contributed by atoms with E-state index in [4.69, 9.17) is 0 Å². The summed E-state index contributed by atoms with van der Waals surface area (Å²) in [5.41, 5.74) is 0. The predicted molar refractivity (Wildman–Crippen MR) is 45.5 cm³/mol. The van der Waals surface area contributed by atoms with E-state index in [1.54, 1.807) is 0 Å². The SMILES string of the molecule is CN1C2CC1CN(I)C2. The van der Waals surface area contributed by atoms with E-state index < -0.39 is 0 Å². The first kappa shape index (κ1) is 6.37. The van der Waals surface area contributed by atoms with Crippen LogP contribution in [0.1, 0.15) is 6.42 Å². The lowest BCUT2D eigenvalue weighted by Crippen LogP contribution is -2.65. The third-order valence-electron chi connectivity index (χ3n) is 2.51. The lowest BCUT2D eigenvalue weighted by Gasteiger charge is -2.53. The van der Waals surface area contributed by atoms with E-state index in [-0.39, 0.29) is 0 Å². The van der Waals surface area contributed by atoms with Gasteiger partial charge >= 0.3 is 0 Å². The Hall–Kier alpha value is 0.650. The van der Waals surface area contributed by atoms with Gasteiger partial charge in [0, 0.05) is 48.0 Å². The molecule has 9 heavy (non-hydrogen) atoms. The smallest absolute Gasteiger partial charge is 0.0247 e. The van der Waals surface area contributed by atoms with Gasteiger partial charge in [0.25, 0.3) is 0 Å². The van der Waals surface area contributed by atoms with Crippen LogP contribution >= 0.6 is 22.9 Å². The lowest BCUT2D eigenvalue weighted by molar-refractivity contribution is -0.0121. The zero-order valence-electron chi connectivity index (χ0n) is 5.55. The van der Waals surface area contributed by atoms with Crippen LogP contribution in [0.25, 0.3) is 0 Å². The van der Waals surface area contributed by atoms with Gasteiger partial charge in [-0.15, -0.1) is 0 Å².